The number of rotatable bonds is 3. The van der Waals surface area contributed by atoms with Crippen molar-refractivity contribution in [2.45, 2.75) is 24.5 Å². The van der Waals surface area contributed by atoms with Crippen LogP contribution >= 0.6 is 11.8 Å². The first-order chi connectivity index (χ1) is 9.21. The van der Waals surface area contributed by atoms with Crippen molar-refractivity contribution >= 4 is 17.4 Å². The summed E-state index contributed by atoms with van der Waals surface area (Å²) in [5.41, 5.74) is -1.76. The molecule has 0 amide bonds. The molecule has 0 aliphatic carbocycles. The molecular weight excluding hydrogens is 295 g/mol. The Hall–Kier alpha value is -1.70. The summed E-state index contributed by atoms with van der Waals surface area (Å²) in [6.07, 6.45) is -2.27. The van der Waals surface area contributed by atoms with Crippen LogP contribution in [-0.2, 0) is 6.18 Å². The number of nitro benzene ring substituents is 1. The van der Waals surface area contributed by atoms with E-state index in [0.717, 1.165) is 12.1 Å². The predicted molar refractivity (Wildman–Crippen MR) is 68.5 cm³/mol. The molecule has 1 aliphatic rings. The first-order valence-electron chi connectivity index (χ1n) is 5.59. The molecule has 108 valence electrons. The third kappa shape index (κ3) is 3.06. The van der Waals surface area contributed by atoms with Crippen LogP contribution in [0.25, 0.3) is 0 Å². The molecule has 0 saturated heterocycles. The molecule has 8 heteroatoms. The zero-order valence-corrected chi connectivity index (χ0v) is 11.1. The Morgan fingerprint density at radius 1 is 1.45 bits per heavy atom. The van der Waals surface area contributed by atoms with E-state index >= 15 is 0 Å². The number of thioether (sulfide) groups is 1. The van der Waals surface area contributed by atoms with Gasteiger partial charge in [0.2, 0.25) is 0 Å². The number of hydrogen-bond donors (Lipinski definition) is 0. The van der Waals surface area contributed by atoms with Crippen molar-refractivity contribution in [3.8, 4) is 5.75 Å². The number of ether oxygens (including phenoxy) is 1. The number of benzene rings is 1. The first-order valence-corrected chi connectivity index (χ1v) is 6.47. The molecule has 0 spiro atoms. The Morgan fingerprint density at radius 3 is 2.65 bits per heavy atom. The smallest absolute Gasteiger partial charge is 0.416 e. The van der Waals surface area contributed by atoms with Gasteiger partial charge in [0, 0.05) is 12.5 Å². The van der Waals surface area contributed by atoms with Crippen LogP contribution in [0.1, 0.15) is 18.9 Å². The van der Waals surface area contributed by atoms with Crippen molar-refractivity contribution in [1.82, 2.24) is 0 Å². The Balaban J connectivity index is 2.36. The van der Waals surface area contributed by atoms with Gasteiger partial charge >= 0.3 is 11.9 Å². The molecular formula is C12H10F3NO3S. The minimum atomic E-state index is -4.63. The van der Waals surface area contributed by atoms with Gasteiger partial charge in [-0.1, -0.05) is 17.8 Å². The summed E-state index contributed by atoms with van der Waals surface area (Å²) >= 11 is 1.32. The number of halogens is 3. The van der Waals surface area contributed by atoms with Crippen LogP contribution in [0, 0.1) is 10.1 Å². The zero-order chi connectivity index (χ0) is 15.0. The molecule has 1 unspecified atom stereocenters. The summed E-state index contributed by atoms with van der Waals surface area (Å²) in [5, 5.41) is 12.7. The highest BCUT2D eigenvalue weighted by Gasteiger charge is 2.35. The second-order valence-electron chi connectivity index (χ2n) is 4.37. The number of hydrogen-bond acceptors (Lipinski definition) is 4. The van der Waals surface area contributed by atoms with Crippen molar-refractivity contribution in [3.63, 3.8) is 0 Å². The highest BCUT2D eigenvalue weighted by atomic mass is 32.2. The fraction of sp³-hybridized carbons (Fsp3) is 0.333. The van der Waals surface area contributed by atoms with Crippen molar-refractivity contribution in [2.75, 3.05) is 0 Å². The van der Waals surface area contributed by atoms with Crippen LogP contribution in [0.2, 0.25) is 0 Å². The average molecular weight is 305 g/mol. The summed E-state index contributed by atoms with van der Waals surface area (Å²) in [6, 6.07) is 2.26. The van der Waals surface area contributed by atoms with Gasteiger partial charge in [0.05, 0.1) is 10.5 Å². The van der Waals surface area contributed by atoms with Gasteiger partial charge in [-0.15, -0.1) is 0 Å². The van der Waals surface area contributed by atoms with Crippen LogP contribution in [-0.4, -0.2) is 9.86 Å². The van der Waals surface area contributed by atoms with Crippen LogP contribution in [0.5, 0.6) is 5.75 Å². The molecule has 1 heterocycles. The van der Waals surface area contributed by atoms with Gasteiger partial charge < -0.3 is 4.74 Å². The molecule has 0 aromatic heterocycles. The van der Waals surface area contributed by atoms with E-state index in [0.29, 0.717) is 12.5 Å². The molecule has 0 fully saturated rings. The number of nitro groups is 1. The van der Waals surface area contributed by atoms with Crippen molar-refractivity contribution in [3.05, 3.63) is 45.4 Å². The van der Waals surface area contributed by atoms with E-state index in [1.807, 2.05) is 6.08 Å². The SMILES string of the molecule is CC1(Oc2ccc(C(F)(F)F)cc2[N+](=O)[O-])CC=CS1. The van der Waals surface area contributed by atoms with E-state index in [9.17, 15) is 23.3 Å². The lowest BCUT2D eigenvalue weighted by Gasteiger charge is -2.24. The fourth-order valence-corrected chi connectivity index (χ4v) is 2.53. The molecule has 1 aliphatic heterocycles. The van der Waals surface area contributed by atoms with Gasteiger partial charge in [0.15, 0.2) is 10.7 Å². The molecule has 0 radical (unpaired) electrons. The normalized spacial score (nSPS) is 22.0. The maximum atomic E-state index is 12.6. The average Bonchev–Trinajstić information content (AvgIpc) is 2.74. The fourth-order valence-electron chi connectivity index (χ4n) is 1.72. The van der Waals surface area contributed by atoms with Crippen LogP contribution in [0.4, 0.5) is 18.9 Å². The molecule has 0 bridgehead atoms. The Kier molecular flexibility index (Phi) is 3.68. The second-order valence-corrected chi connectivity index (χ2v) is 5.74. The molecule has 2 rings (SSSR count). The van der Waals surface area contributed by atoms with E-state index < -0.39 is 27.3 Å². The molecule has 0 N–H and O–H groups in total. The topological polar surface area (TPSA) is 52.4 Å². The summed E-state index contributed by atoms with van der Waals surface area (Å²) < 4.78 is 43.2. The monoisotopic (exact) mass is 305 g/mol. The standard InChI is InChI=1S/C12H10F3NO3S/c1-11(5-2-6-20-11)19-10-4-3-8(12(13,14)15)7-9(10)16(17)18/h2-4,6-7H,5H2,1H3. The lowest BCUT2D eigenvalue weighted by Crippen LogP contribution is -2.25. The maximum Gasteiger partial charge on any atom is 0.416 e. The Labute approximate surface area is 116 Å². The van der Waals surface area contributed by atoms with E-state index in [1.165, 1.54) is 11.8 Å². The Morgan fingerprint density at radius 2 is 2.15 bits per heavy atom. The van der Waals surface area contributed by atoms with Crippen molar-refractivity contribution in [2.24, 2.45) is 0 Å². The lowest BCUT2D eigenvalue weighted by atomic mass is 10.1. The van der Waals surface area contributed by atoms with Crippen LogP contribution in [0.15, 0.2) is 29.7 Å². The van der Waals surface area contributed by atoms with E-state index in [4.69, 9.17) is 4.74 Å². The zero-order valence-electron chi connectivity index (χ0n) is 10.3. The van der Waals surface area contributed by atoms with Gasteiger partial charge in [0.25, 0.3) is 0 Å². The maximum absolute atomic E-state index is 12.6. The second kappa shape index (κ2) is 5.01. The summed E-state index contributed by atoms with van der Waals surface area (Å²) in [6.45, 7) is 1.72. The molecule has 1 aromatic carbocycles. The Bertz CT molecular complexity index is 564. The predicted octanol–water partition coefficient (Wildman–Crippen LogP) is 4.36. The van der Waals surface area contributed by atoms with Gasteiger partial charge in [-0.3, -0.25) is 10.1 Å². The van der Waals surface area contributed by atoms with Gasteiger partial charge in [0.1, 0.15) is 0 Å². The molecule has 1 aromatic rings. The van der Waals surface area contributed by atoms with Crippen molar-refractivity contribution in [1.29, 1.82) is 0 Å². The van der Waals surface area contributed by atoms with E-state index in [1.54, 1.807) is 12.3 Å². The quantitative estimate of drug-likeness (QED) is 0.615. The molecule has 20 heavy (non-hydrogen) atoms. The summed E-state index contributed by atoms with van der Waals surface area (Å²) in [7, 11) is 0. The van der Waals surface area contributed by atoms with Gasteiger partial charge in [-0.05, 0) is 24.5 Å². The summed E-state index contributed by atoms with van der Waals surface area (Å²) in [4.78, 5) is 9.31. The molecule has 0 saturated carbocycles. The number of nitrogens with zero attached hydrogens (tertiary/aromatic N) is 1. The molecule has 4 nitrogen and oxygen atoms in total. The highest BCUT2D eigenvalue weighted by Crippen LogP contribution is 2.42. The third-order valence-corrected chi connectivity index (χ3v) is 3.79. The number of alkyl halides is 3. The third-order valence-electron chi connectivity index (χ3n) is 2.71. The first kappa shape index (κ1) is 14.7. The minimum absolute atomic E-state index is 0.165. The van der Waals surface area contributed by atoms with E-state index in [2.05, 4.69) is 0 Å². The van der Waals surface area contributed by atoms with E-state index in [-0.39, 0.29) is 5.75 Å². The largest absolute Gasteiger partial charge is 0.469 e. The van der Waals surface area contributed by atoms with Gasteiger partial charge in [-0.2, -0.15) is 13.2 Å². The lowest BCUT2D eigenvalue weighted by molar-refractivity contribution is -0.386. The highest BCUT2D eigenvalue weighted by molar-refractivity contribution is 8.03. The van der Waals surface area contributed by atoms with Crippen LogP contribution < -0.4 is 4.74 Å². The summed E-state index contributed by atoms with van der Waals surface area (Å²) in [5.74, 6) is -0.165. The minimum Gasteiger partial charge on any atom is -0.469 e. The van der Waals surface area contributed by atoms with Gasteiger partial charge in [-0.25, -0.2) is 0 Å². The van der Waals surface area contributed by atoms with Crippen molar-refractivity contribution < 1.29 is 22.8 Å². The molecule has 1 atom stereocenters. The van der Waals surface area contributed by atoms with Crippen LogP contribution in [0.3, 0.4) is 0 Å².